The topological polar surface area (TPSA) is 106 Å². The van der Waals surface area contributed by atoms with E-state index in [9.17, 15) is 4.79 Å². The molecular weight excluding hydrogens is 380 g/mol. The summed E-state index contributed by atoms with van der Waals surface area (Å²) in [5, 5.41) is 2.87. The van der Waals surface area contributed by atoms with Crippen LogP contribution in [0.5, 0.6) is 5.75 Å². The fourth-order valence-corrected chi connectivity index (χ4v) is 3.40. The Balaban J connectivity index is 1.26. The van der Waals surface area contributed by atoms with E-state index in [-0.39, 0.29) is 18.0 Å². The fraction of sp³-hybridized carbons (Fsp3) is 0.273. The van der Waals surface area contributed by atoms with Gasteiger partial charge < -0.3 is 20.7 Å². The van der Waals surface area contributed by atoms with Crippen molar-refractivity contribution < 1.29 is 9.53 Å². The van der Waals surface area contributed by atoms with Crippen molar-refractivity contribution in [1.82, 2.24) is 20.3 Å². The third-order valence-electron chi connectivity index (χ3n) is 5.00. The lowest BCUT2D eigenvalue weighted by Gasteiger charge is -2.32. The molecule has 3 aromatic rings. The van der Waals surface area contributed by atoms with E-state index in [1.54, 1.807) is 24.5 Å². The number of pyridine rings is 1. The highest BCUT2D eigenvalue weighted by Crippen LogP contribution is 2.22. The molecule has 1 aliphatic heterocycles. The molecule has 0 atom stereocenters. The second-order valence-electron chi connectivity index (χ2n) is 7.11. The van der Waals surface area contributed by atoms with Crippen molar-refractivity contribution in [3.63, 3.8) is 0 Å². The van der Waals surface area contributed by atoms with Crippen molar-refractivity contribution in [3.05, 3.63) is 72.2 Å². The van der Waals surface area contributed by atoms with Gasteiger partial charge in [-0.05, 0) is 42.5 Å². The lowest BCUT2D eigenvalue weighted by molar-refractivity contribution is 0.0950. The first kappa shape index (κ1) is 19.6. The zero-order valence-corrected chi connectivity index (χ0v) is 16.6. The molecule has 154 valence electrons. The molecule has 2 aromatic heterocycles. The van der Waals surface area contributed by atoms with Crippen molar-refractivity contribution >= 4 is 17.7 Å². The molecule has 0 spiro atoms. The monoisotopic (exact) mass is 404 g/mol. The van der Waals surface area contributed by atoms with Crippen LogP contribution >= 0.6 is 0 Å². The molecule has 3 heterocycles. The Kier molecular flexibility index (Phi) is 6.03. The molecule has 0 bridgehead atoms. The van der Waals surface area contributed by atoms with Crippen LogP contribution in [0.3, 0.4) is 0 Å². The Labute approximate surface area is 175 Å². The maximum Gasteiger partial charge on any atom is 0.251 e. The van der Waals surface area contributed by atoms with Crippen molar-refractivity contribution in [2.24, 2.45) is 0 Å². The summed E-state index contributed by atoms with van der Waals surface area (Å²) in [4.78, 5) is 26.9. The third kappa shape index (κ3) is 5.02. The highest BCUT2D eigenvalue weighted by Gasteiger charge is 2.21. The SMILES string of the molecule is Nc1nccc(N2CCC(Oc3ccc(C(=O)NCc4ccccn4)cc3)CC2)n1. The first-order valence-electron chi connectivity index (χ1n) is 9.96. The van der Waals surface area contributed by atoms with Crippen LogP contribution in [0.1, 0.15) is 28.9 Å². The summed E-state index contributed by atoms with van der Waals surface area (Å²) in [6.45, 7) is 2.08. The largest absolute Gasteiger partial charge is 0.490 e. The van der Waals surface area contributed by atoms with Crippen molar-refractivity contribution in [3.8, 4) is 5.75 Å². The number of piperidine rings is 1. The van der Waals surface area contributed by atoms with E-state index in [0.29, 0.717) is 12.1 Å². The predicted molar refractivity (Wildman–Crippen MR) is 114 cm³/mol. The molecule has 0 saturated carbocycles. The number of rotatable bonds is 6. The van der Waals surface area contributed by atoms with Crippen LogP contribution in [-0.4, -0.2) is 40.1 Å². The number of carbonyl (C=O) groups is 1. The Morgan fingerprint density at radius 1 is 1.07 bits per heavy atom. The quantitative estimate of drug-likeness (QED) is 0.650. The van der Waals surface area contributed by atoms with Gasteiger partial charge in [-0.15, -0.1) is 0 Å². The fourth-order valence-electron chi connectivity index (χ4n) is 3.40. The molecule has 1 amide bonds. The highest BCUT2D eigenvalue weighted by molar-refractivity contribution is 5.94. The Morgan fingerprint density at radius 2 is 1.87 bits per heavy atom. The third-order valence-corrected chi connectivity index (χ3v) is 5.00. The number of anilines is 2. The number of hydrogen-bond donors (Lipinski definition) is 2. The van der Waals surface area contributed by atoms with Gasteiger partial charge in [-0.3, -0.25) is 9.78 Å². The first-order chi connectivity index (χ1) is 14.7. The van der Waals surface area contributed by atoms with Crippen molar-refractivity contribution in [1.29, 1.82) is 0 Å². The molecule has 0 unspecified atom stereocenters. The second kappa shape index (κ2) is 9.21. The van der Waals surface area contributed by atoms with E-state index in [1.807, 2.05) is 36.4 Å². The molecule has 1 aromatic carbocycles. The minimum atomic E-state index is -0.135. The van der Waals surface area contributed by atoms with Gasteiger partial charge in [0.05, 0.1) is 12.2 Å². The van der Waals surface area contributed by atoms with Crippen LogP contribution in [0.2, 0.25) is 0 Å². The van der Waals surface area contributed by atoms with Gasteiger partial charge in [0.25, 0.3) is 5.91 Å². The number of benzene rings is 1. The van der Waals surface area contributed by atoms with Crippen LogP contribution in [0.4, 0.5) is 11.8 Å². The minimum Gasteiger partial charge on any atom is -0.490 e. The van der Waals surface area contributed by atoms with Gasteiger partial charge in [0.2, 0.25) is 5.95 Å². The Morgan fingerprint density at radius 3 is 2.57 bits per heavy atom. The van der Waals surface area contributed by atoms with Crippen LogP contribution in [0.25, 0.3) is 0 Å². The van der Waals surface area contributed by atoms with Crippen molar-refractivity contribution in [2.45, 2.75) is 25.5 Å². The Hall–Kier alpha value is -3.68. The summed E-state index contributed by atoms with van der Waals surface area (Å²) in [6.07, 6.45) is 5.28. The molecule has 8 heteroatoms. The van der Waals surface area contributed by atoms with Crippen LogP contribution < -0.4 is 20.7 Å². The summed E-state index contributed by atoms with van der Waals surface area (Å²) in [5.41, 5.74) is 7.08. The molecular formula is C22H24N6O2. The molecule has 0 aliphatic carbocycles. The molecule has 3 N–H and O–H groups in total. The van der Waals surface area contributed by atoms with Gasteiger partial charge in [-0.2, -0.15) is 4.98 Å². The number of nitrogens with one attached hydrogen (secondary N) is 1. The van der Waals surface area contributed by atoms with Gasteiger partial charge in [0.1, 0.15) is 17.7 Å². The molecule has 1 aliphatic rings. The zero-order valence-electron chi connectivity index (χ0n) is 16.6. The van der Waals surface area contributed by atoms with Crippen LogP contribution in [0.15, 0.2) is 60.9 Å². The lowest BCUT2D eigenvalue weighted by atomic mass is 10.1. The summed E-state index contributed by atoms with van der Waals surface area (Å²) in [6, 6.07) is 14.7. The summed E-state index contributed by atoms with van der Waals surface area (Å²) in [7, 11) is 0. The average Bonchev–Trinajstić information content (AvgIpc) is 2.79. The maximum atomic E-state index is 12.3. The normalized spacial score (nSPS) is 14.3. The first-order valence-corrected chi connectivity index (χ1v) is 9.96. The second-order valence-corrected chi connectivity index (χ2v) is 7.11. The van der Waals surface area contributed by atoms with E-state index >= 15 is 0 Å². The molecule has 4 rings (SSSR count). The van der Waals surface area contributed by atoms with Gasteiger partial charge >= 0.3 is 0 Å². The van der Waals surface area contributed by atoms with Crippen molar-refractivity contribution in [2.75, 3.05) is 23.7 Å². The van der Waals surface area contributed by atoms with E-state index < -0.39 is 0 Å². The number of hydrogen-bond acceptors (Lipinski definition) is 7. The predicted octanol–water partition coefficient (Wildman–Crippen LogP) is 2.43. The zero-order chi connectivity index (χ0) is 20.8. The highest BCUT2D eigenvalue weighted by atomic mass is 16.5. The lowest BCUT2D eigenvalue weighted by Crippen LogP contribution is -2.38. The minimum absolute atomic E-state index is 0.129. The van der Waals surface area contributed by atoms with E-state index in [2.05, 4.69) is 25.2 Å². The number of ether oxygens (including phenoxy) is 1. The molecule has 30 heavy (non-hydrogen) atoms. The number of aromatic nitrogens is 3. The molecule has 8 nitrogen and oxygen atoms in total. The van der Waals surface area contributed by atoms with Crippen LogP contribution in [-0.2, 0) is 6.54 Å². The summed E-state index contributed by atoms with van der Waals surface area (Å²) in [5.74, 6) is 1.77. The summed E-state index contributed by atoms with van der Waals surface area (Å²) < 4.78 is 6.10. The van der Waals surface area contributed by atoms with E-state index in [4.69, 9.17) is 10.5 Å². The van der Waals surface area contributed by atoms with Gasteiger partial charge in [0, 0.05) is 43.9 Å². The van der Waals surface area contributed by atoms with Gasteiger partial charge in [-0.1, -0.05) is 6.07 Å². The maximum absolute atomic E-state index is 12.3. The number of nitrogens with two attached hydrogens (primary N) is 1. The summed E-state index contributed by atoms with van der Waals surface area (Å²) >= 11 is 0. The van der Waals surface area contributed by atoms with Gasteiger partial charge in [-0.25, -0.2) is 4.98 Å². The van der Waals surface area contributed by atoms with E-state index in [0.717, 1.165) is 43.2 Å². The van der Waals surface area contributed by atoms with E-state index in [1.165, 1.54) is 0 Å². The van der Waals surface area contributed by atoms with Gasteiger partial charge in [0.15, 0.2) is 0 Å². The van der Waals surface area contributed by atoms with Crippen LogP contribution in [0, 0.1) is 0 Å². The average molecular weight is 404 g/mol. The Bertz CT molecular complexity index is 972. The standard InChI is InChI=1S/C22H24N6O2/c23-22-25-12-8-20(27-22)28-13-9-19(10-14-28)30-18-6-4-16(5-7-18)21(29)26-15-17-3-1-2-11-24-17/h1-8,11-12,19H,9-10,13-15H2,(H,26,29)(H2,23,25,27). The molecule has 1 fully saturated rings. The number of carbonyl (C=O) groups excluding carboxylic acids is 1. The number of amides is 1. The molecule has 1 saturated heterocycles. The number of nitrogen functional groups attached to an aromatic ring is 1. The smallest absolute Gasteiger partial charge is 0.251 e. The number of nitrogens with zero attached hydrogens (tertiary/aromatic N) is 4. The molecule has 0 radical (unpaired) electrons.